The Balaban J connectivity index is 1.86. The first-order chi connectivity index (χ1) is 13.2. The summed E-state index contributed by atoms with van der Waals surface area (Å²) in [5.74, 6) is -0.317. The largest absolute Gasteiger partial charge is 0.466 e. The van der Waals surface area contributed by atoms with Crippen molar-refractivity contribution in [2.24, 2.45) is 5.92 Å². The Morgan fingerprint density at radius 2 is 1.93 bits per heavy atom. The molecule has 0 bridgehead atoms. The minimum absolute atomic E-state index is 0.00000197. The molecule has 1 fully saturated rings. The molecule has 0 atom stereocenters. The fourth-order valence-electron chi connectivity index (χ4n) is 3.43. The first-order valence-electron chi connectivity index (χ1n) is 9.71. The number of piperidine rings is 1. The smallest absolute Gasteiger partial charge is 0.309 e. The number of amides is 1. The predicted molar refractivity (Wildman–Crippen MR) is 109 cm³/mol. The molecule has 28 heavy (non-hydrogen) atoms. The van der Waals surface area contributed by atoms with Crippen molar-refractivity contribution in [3.05, 3.63) is 29.8 Å². The van der Waals surface area contributed by atoms with E-state index in [1.165, 1.54) is 10.6 Å². The van der Waals surface area contributed by atoms with Gasteiger partial charge < -0.3 is 9.64 Å². The minimum Gasteiger partial charge on any atom is -0.466 e. The van der Waals surface area contributed by atoms with Crippen LogP contribution in [0, 0.1) is 12.8 Å². The molecule has 1 aliphatic rings. The summed E-state index contributed by atoms with van der Waals surface area (Å²) in [5, 5.41) is 0. The van der Waals surface area contributed by atoms with E-state index in [0.717, 1.165) is 5.56 Å². The van der Waals surface area contributed by atoms with Crippen molar-refractivity contribution in [1.29, 1.82) is 0 Å². The van der Waals surface area contributed by atoms with Gasteiger partial charge in [0, 0.05) is 26.1 Å². The lowest BCUT2D eigenvalue weighted by molar-refractivity contribution is -0.151. The molecule has 1 heterocycles. The number of anilines is 1. The molecule has 0 spiro atoms. The zero-order valence-electron chi connectivity index (χ0n) is 16.9. The van der Waals surface area contributed by atoms with Crippen LogP contribution in [0.1, 0.15) is 38.2 Å². The highest BCUT2D eigenvalue weighted by Gasteiger charge is 2.28. The molecule has 1 aromatic carbocycles. The molecule has 8 heteroatoms. The lowest BCUT2D eigenvalue weighted by Gasteiger charge is -2.31. The van der Waals surface area contributed by atoms with Crippen molar-refractivity contribution in [2.45, 2.75) is 39.5 Å². The lowest BCUT2D eigenvalue weighted by Crippen LogP contribution is -2.41. The third kappa shape index (κ3) is 6.22. The molecule has 0 radical (unpaired) electrons. The van der Waals surface area contributed by atoms with E-state index in [0.29, 0.717) is 44.6 Å². The number of sulfonamides is 1. The fourth-order valence-corrected chi connectivity index (χ4v) is 4.38. The Morgan fingerprint density at radius 1 is 1.25 bits per heavy atom. The van der Waals surface area contributed by atoms with Gasteiger partial charge >= 0.3 is 5.97 Å². The summed E-state index contributed by atoms with van der Waals surface area (Å²) in [7, 11) is -3.42. The molecule has 0 aliphatic carbocycles. The first kappa shape index (κ1) is 22.2. The van der Waals surface area contributed by atoms with E-state index in [2.05, 4.69) is 0 Å². The predicted octanol–water partition coefficient (Wildman–Crippen LogP) is 2.34. The van der Waals surface area contributed by atoms with Crippen LogP contribution in [0.25, 0.3) is 0 Å². The Hall–Kier alpha value is -2.09. The molecular weight excluding hydrogens is 380 g/mol. The van der Waals surface area contributed by atoms with E-state index in [1.807, 2.05) is 25.1 Å². The number of hydrogen-bond acceptors (Lipinski definition) is 5. The number of benzene rings is 1. The van der Waals surface area contributed by atoms with Crippen LogP contribution in [-0.4, -0.2) is 57.7 Å². The van der Waals surface area contributed by atoms with Crippen LogP contribution in [0.2, 0.25) is 0 Å². The molecular formula is C20H30N2O5S. The van der Waals surface area contributed by atoms with Crippen LogP contribution < -0.4 is 4.31 Å². The quantitative estimate of drug-likeness (QED) is 0.614. The van der Waals surface area contributed by atoms with Gasteiger partial charge in [0.1, 0.15) is 0 Å². The second-order valence-electron chi connectivity index (χ2n) is 7.18. The number of ether oxygens (including phenoxy) is 1. The van der Waals surface area contributed by atoms with Gasteiger partial charge in [0.15, 0.2) is 0 Å². The van der Waals surface area contributed by atoms with Crippen LogP contribution in [0.5, 0.6) is 0 Å². The Labute approximate surface area is 167 Å². The summed E-state index contributed by atoms with van der Waals surface area (Å²) < 4.78 is 30.7. The molecule has 1 amide bonds. The zero-order chi connectivity index (χ0) is 20.7. The highest BCUT2D eigenvalue weighted by atomic mass is 32.2. The van der Waals surface area contributed by atoms with Gasteiger partial charge in [-0.1, -0.05) is 12.1 Å². The van der Waals surface area contributed by atoms with Gasteiger partial charge in [-0.2, -0.15) is 0 Å². The number of esters is 1. The van der Waals surface area contributed by atoms with E-state index < -0.39 is 10.0 Å². The van der Waals surface area contributed by atoms with E-state index in [4.69, 9.17) is 4.74 Å². The highest BCUT2D eigenvalue weighted by Crippen LogP contribution is 2.21. The maximum absolute atomic E-state index is 12.5. The molecule has 0 aromatic heterocycles. The van der Waals surface area contributed by atoms with Gasteiger partial charge in [-0.3, -0.25) is 13.9 Å². The standard InChI is InChI=1S/C20H30N2O5S/c1-4-27-20(24)17-10-13-21(14-11-17)19(23)9-6-12-22(28(3,25)26)18-8-5-7-16(2)15-18/h5,7-8,15,17H,4,6,9-14H2,1-3H3. The summed E-state index contributed by atoms with van der Waals surface area (Å²) in [6.45, 7) is 5.40. The van der Waals surface area contributed by atoms with Gasteiger partial charge in [-0.15, -0.1) is 0 Å². The first-order valence-corrected chi connectivity index (χ1v) is 11.6. The third-order valence-corrected chi connectivity index (χ3v) is 6.10. The third-order valence-electron chi connectivity index (χ3n) is 4.91. The highest BCUT2D eigenvalue weighted by molar-refractivity contribution is 7.92. The molecule has 1 saturated heterocycles. The number of carbonyl (C=O) groups is 2. The SMILES string of the molecule is CCOC(=O)C1CCN(C(=O)CCCN(c2cccc(C)c2)S(C)(=O)=O)CC1. The van der Waals surface area contributed by atoms with E-state index >= 15 is 0 Å². The molecule has 1 aliphatic heterocycles. The van der Waals surface area contributed by atoms with E-state index in [1.54, 1.807) is 17.9 Å². The number of rotatable bonds is 8. The van der Waals surface area contributed by atoms with E-state index in [9.17, 15) is 18.0 Å². The average molecular weight is 411 g/mol. The van der Waals surface area contributed by atoms with Crippen LogP contribution in [0.15, 0.2) is 24.3 Å². The van der Waals surface area contributed by atoms with Crippen LogP contribution in [0.4, 0.5) is 5.69 Å². The maximum atomic E-state index is 12.5. The summed E-state index contributed by atoms with van der Waals surface area (Å²) in [5.41, 5.74) is 1.59. The average Bonchev–Trinajstić information content (AvgIpc) is 2.64. The molecule has 156 valence electrons. The molecule has 2 rings (SSSR count). The van der Waals surface area contributed by atoms with Gasteiger partial charge in [0.2, 0.25) is 15.9 Å². The summed E-state index contributed by atoms with van der Waals surface area (Å²) in [4.78, 5) is 26.0. The Morgan fingerprint density at radius 3 is 2.50 bits per heavy atom. The fraction of sp³-hybridized carbons (Fsp3) is 0.600. The molecule has 0 unspecified atom stereocenters. The Bertz CT molecular complexity index is 786. The van der Waals surface area contributed by atoms with Crippen LogP contribution in [-0.2, 0) is 24.3 Å². The van der Waals surface area contributed by atoms with Gasteiger partial charge in [-0.05, 0) is 50.8 Å². The number of hydrogen-bond donors (Lipinski definition) is 0. The summed E-state index contributed by atoms with van der Waals surface area (Å²) in [6.07, 6.45) is 3.13. The topological polar surface area (TPSA) is 84.0 Å². The minimum atomic E-state index is -3.42. The van der Waals surface area contributed by atoms with Gasteiger partial charge in [0.05, 0.1) is 24.5 Å². The summed E-state index contributed by atoms with van der Waals surface area (Å²) >= 11 is 0. The number of nitrogens with zero attached hydrogens (tertiary/aromatic N) is 2. The number of aryl methyl sites for hydroxylation is 1. The van der Waals surface area contributed by atoms with Crippen molar-refractivity contribution in [3.8, 4) is 0 Å². The second-order valence-corrected chi connectivity index (χ2v) is 9.09. The molecule has 7 nitrogen and oxygen atoms in total. The van der Waals surface area contributed by atoms with Gasteiger partial charge in [0.25, 0.3) is 0 Å². The number of carbonyl (C=O) groups excluding carboxylic acids is 2. The van der Waals surface area contributed by atoms with Crippen molar-refractivity contribution < 1.29 is 22.7 Å². The molecule has 1 aromatic rings. The van der Waals surface area contributed by atoms with Crippen molar-refractivity contribution in [1.82, 2.24) is 4.90 Å². The maximum Gasteiger partial charge on any atom is 0.309 e. The van der Waals surface area contributed by atoms with Crippen molar-refractivity contribution in [3.63, 3.8) is 0 Å². The van der Waals surface area contributed by atoms with Crippen molar-refractivity contribution in [2.75, 3.05) is 36.8 Å². The summed E-state index contributed by atoms with van der Waals surface area (Å²) in [6, 6.07) is 7.31. The lowest BCUT2D eigenvalue weighted by atomic mass is 9.97. The number of likely N-dealkylation sites (tertiary alicyclic amines) is 1. The van der Waals surface area contributed by atoms with Crippen LogP contribution in [0.3, 0.4) is 0 Å². The monoisotopic (exact) mass is 410 g/mol. The molecule has 0 saturated carbocycles. The zero-order valence-corrected chi connectivity index (χ0v) is 17.7. The normalized spacial score (nSPS) is 15.3. The van der Waals surface area contributed by atoms with Crippen molar-refractivity contribution >= 4 is 27.6 Å². The molecule has 0 N–H and O–H groups in total. The second kappa shape index (κ2) is 9.91. The van der Waals surface area contributed by atoms with Crippen LogP contribution >= 0.6 is 0 Å². The van der Waals surface area contributed by atoms with E-state index in [-0.39, 0.29) is 30.8 Å². The Kier molecular flexibility index (Phi) is 7.86. The van der Waals surface area contributed by atoms with Gasteiger partial charge in [-0.25, -0.2) is 8.42 Å².